The first kappa shape index (κ1) is 14.6. The van der Waals surface area contributed by atoms with Crippen molar-refractivity contribution in [3.63, 3.8) is 0 Å². The van der Waals surface area contributed by atoms with E-state index < -0.39 is 0 Å². The fourth-order valence-electron chi connectivity index (χ4n) is 3.37. The van der Waals surface area contributed by atoms with Crippen LogP contribution in [0.5, 0.6) is 0 Å². The average Bonchev–Trinajstić information content (AvgIpc) is 2.43. The van der Waals surface area contributed by atoms with Gasteiger partial charge in [-0.25, -0.2) is 0 Å². The minimum Gasteiger partial charge on any atom is -0.314 e. The van der Waals surface area contributed by atoms with E-state index >= 15 is 0 Å². The van der Waals surface area contributed by atoms with Crippen molar-refractivity contribution >= 4 is 0 Å². The Hall–Kier alpha value is -0.820. The van der Waals surface area contributed by atoms with Gasteiger partial charge in [-0.2, -0.15) is 0 Å². The first-order chi connectivity index (χ1) is 9.29. The molecule has 106 valence electrons. The molecule has 2 rings (SSSR count). The summed E-state index contributed by atoms with van der Waals surface area (Å²) in [6.45, 7) is 5.66. The molecule has 0 spiro atoms. The molecule has 0 atom stereocenters. The van der Waals surface area contributed by atoms with E-state index in [0.717, 1.165) is 18.5 Å². The van der Waals surface area contributed by atoms with Crippen molar-refractivity contribution in [2.45, 2.75) is 64.8 Å². The third-order valence-electron chi connectivity index (χ3n) is 4.63. The molecule has 1 fully saturated rings. The summed E-state index contributed by atoms with van der Waals surface area (Å²) in [5.74, 6) is 1.01. The van der Waals surface area contributed by atoms with E-state index in [9.17, 15) is 0 Å². The first-order valence-electron chi connectivity index (χ1n) is 8.07. The number of hydrogen-bond acceptors (Lipinski definition) is 1. The average molecular weight is 259 g/mol. The van der Waals surface area contributed by atoms with Gasteiger partial charge in [0.05, 0.1) is 0 Å². The quantitative estimate of drug-likeness (QED) is 0.794. The van der Waals surface area contributed by atoms with Crippen LogP contribution in [0.3, 0.4) is 0 Å². The number of rotatable bonds is 6. The standard InChI is InChI=1S/C18H29N/c1-3-6-16-9-11-18(12-10-16)19-14-13-17-8-5-4-7-15(17)2/h4-5,7-8,16,18-19H,3,6,9-14H2,1-2H3. The first-order valence-corrected chi connectivity index (χ1v) is 8.07. The molecule has 1 aliphatic carbocycles. The number of nitrogens with one attached hydrogen (secondary N) is 1. The van der Waals surface area contributed by atoms with Gasteiger partial charge in [0.15, 0.2) is 0 Å². The summed E-state index contributed by atoms with van der Waals surface area (Å²) in [4.78, 5) is 0. The van der Waals surface area contributed by atoms with Crippen molar-refractivity contribution in [1.29, 1.82) is 0 Å². The smallest absolute Gasteiger partial charge is 0.00673 e. The molecule has 1 aromatic rings. The molecule has 1 heteroatoms. The number of aryl methyl sites for hydroxylation is 1. The van der Waals surface area contributed by atoms with Gasteiger partial charge in [0.25, 0.3) is 0 Å². The molecule has 0 unspecified atom stereocenters. The summed E-state index contributed by atoms with van der Waals surface area (Å²) < 4.78 is 0. The highest BCUT2D eigenvalue weighted by molar-refractivity contribution is 5.25. The van der Waals surface area contributed by atoms with Gasteiger partial charge in [-0.1, -0.05) is 44.0 Å². The fourth-order valence-corrected chi connectivity index (χ4v) is 3.37. The van der Waals surface area contributed by atoms with Gasteiger partial charge in [0.1, 0.15) is 0 Å². The van der Waals surface area contributed by atoms with Crippen molar-refractivity contribution in [2.75, 3.05) is 6.54 Å². The molecule has 0 heterocycles. The molecule has 0 aliphatic heterocycles. The maximum Gasteiger partial charge on any atom is 0.00673 e. The molecule has 0 amide bonds. The van der Waals surface area contributed by atoms with E-state index in [1.165, 1.54) is 56.1 Å². The highest BCUT2D eigenvalue weighted by atomic mass is 14.9. The van der Waals surface area contributed by atoms with Crippen LogP contribution in [0.2, 0.25) is 0 Å². The second kappa shape index (κ2) is 7.69. The highest BCUT2D eigenvalue weighted by Gasteiger charge is 2.19. The molecule has 0 radical (unpaired) electrons. The van der Waals surface area contributed by atoms with Crippen molar-refractivity contribution in [1.82, 2.24) is 5.32 Å². The molecule has 0 saturated heterocycles. The third-order valence-corrected chi connectivity index (χ3v) is 4.63. The lowest BCUT2D eigenvalue weighted by atomic mass is 9.83. The normalized spacial score (nSPS) is 23.5. The second-order valence-corrected chi connectivity index (χ2v) is 6.14. The van der Waals surface area contributed by atoms with Crippen molar-refractivity contribution in [3.05, 3.63) is 35.4 Å². The van der Waals surface area contributed by atoms with Crippen LogP contribution >= 0.6 is 0 Å². The molecule has 1 nitrogen and oxygen atoms in total. The van der Waals surface area contributed by atoms with Crippen LogP contribution < -0.4 is 5.32 Å². The predicted molar refractivity (Wildman–Crippen MR) is 83.5 cm³/mol. The Morgan fingerprint density at radius 1 is 1.11 bits per heavy atom. The van der Waals surface area contributed by atoms with E-state index in [-0.39, 0.29) is 0 Å². The molecular formula is C18H29N. The summed E-state index contributed by atoms with van der Waals surface area (Å²) in [5.41, 5.74) is 2.92. The van der Waals surface area contributed by atoms with Gasteiger partial charge >= 0.3 is 0 Å². The van der Waals surface area contributed by atoms with Gasteiger partial charge in [0, 0.05) is 6.04 Å². The van der Waals surface area contributed by atoms with Crippen LogP contribution in [0.4, 0.5) is 0 Å². The van der Waals surface area contributed by atoms with Crippen LogP contribution in [0.15, 0.2) is 24.3 Å². The minimum absolute atomic E-state index is 0.775. The Balaban J connectivity index is 1.66. The Bertz CT molecular complexity index is 364. The van der Waals surface area contributed by atoms with E-state index in [1.54, 1.807) is 0 Å². The van der Waals surface area contributed by atoms with E-state index in [1.807, 2.05) is 0 Å². The lowest BCUT2D eigenvalue weighted by Crippen LogP contribution is -2.34. The molecule has 1 aliphatic rings. The zero-order valence-corrected chi connectivity index (χ0v) is 12.6. The molecular weight excluding hydrogens is 230 g/mol. The predicted octanol–water partition coefficient (Wildman–Crippen LogP) is 4.49. The monoisotopic (exact) mass is 259 g/mol. The largest absolute Gasteiger partial charge is 0.314 e. The summed E-state index contributed by atoms with van der Waals surface area (Å²) in [7, 11) is 0. The van der Waals surface area contributed by atoms with Gasteiger partial charge in [-0.05, 0) is 62.6 Å². The van der Waals surface area contributed by atoms with E-state index in [4.69, 9.17) is 0 Å². The van der Waals surface area contributed by atoms with Crippen LogP contribution in [0, 0.1) is 12.8 Å². The topological polar surface area (TPSA) is 12.0 Å². The highest BCUT2D eigenvalue weighted by Crippen LogP contribution is 2.27. The zero-order valence-electron chi connectivity index (χ0n) is 12.6. The van der Waals surface area contributed by atoms with Crippen LogP contribution in [0.25, 0.3) is 0 Å². The second-order valence-electron chi connectivity index (χ2n) is 6.14. The van der Waals surface area contributed by atoms with Crippen LogP contribution in [0.1, 0.15) is 56.6 Å². The Morgan fingerprint density at radius 2 is 1.84 bits per heavy atom. The van der Waals surface area contributed by atoms with Crippen molar-refractivity contribution in [2.24, 2.45) is 5.92 Å². The molecule has 0 bridgehead atoms. The Morgan fingerprint density at radius 3 is 2.53 bits per heavy atom. The number of hydrogen-bond donors (Lipinski definition) is 1. The molecule has 0 aromatic heterocycles. The van der Waals surface area contributed by atoms with Crippen LogP contribution in [-0.4, -0.2) is 12.6 Å². The Kier molecular flexibility index (Phi) is 5.91. The summed E-state index contributed by atoms with van der Waals surface area (Å²) in [6, 6.07) is 9.53. The van der Waals surface area contributed by atoms with Gasteiger partial charge in [0.2, 0.25) is 0 Å². The SMILES string of the molecule is CCCC1CCC(NCCc2ccccc2C)CC1. The summed E-state index contributed by atoms with van der Waals surface area (Å²) in [6.07, 6.45) is 9.62. The van der Waals surface area contributed by atoms with Crippen molar-refractivity contribution in [3.8, 4) is 0 Å². The third kappa shape index (κ3) is 4.65. The molecule has 1 saturated carbocycles. The molecule has 1 N–H and O–H groups in total. The summed E-state index contributed by atoms with van der Waals surface area (Å²) >= 11 is 0. The zero-order chi connectivity index (χ0) is 13.5. The summed E-state index contributed by atoms with van der Waals surface area (Å²) in [5, 5.41) is 3.76. The lowest BCUT2D eigenvalue weighted by molar-refractivity contribution is 0.279. The maximum atomic E-state index is 3.76. The lowest BCUT2D eigenvalue weighted by Gasteiger charge is -2.29. The van der Waals surface area contributed by atoms with E-state index in [2.05, 4.69) is 43.4 Å². The number of benzene rings is 1. The van der Waals surface area contributed by atoms with Crippen molar-refractivity contribution < 1.29 is 0 Å². The van der Waals surface area contributed by atoms with Gasteiger partial charge in [-0.15, -0.1) is 0 Å². The van der Waals surface area contributed by atoms with Gasteiger partial charge in [-0.3, -0.25) is 0 Å². The maximum absolute atomic E-state index is 3.76. The van der Waals surface area contributed by atoms with Gasteiger partial charge < -0.3 is 5.32 Å². The minimum atomic E-state index is 0.775. The van der Waals surface area contributed by atoms with Crippen LogP contribution in [-0.2, 0) is 6.42 Å². The molecule has 19 heavy (non-hydrogen) atoms. The molecule has 1 aromatic carbocycles. The van der Waals surface area contributed by atoms with E-state index in [0.29, 0.717) is 0 Å². The Labute approximate surface area is 118 Å². The fraction of sp³-hybridized carbons (Fsp3) is 0.667.